The number of likely N-dealkylation sites (N-methyl/N-ethyl adjacent to an activating group) is 1. The SMILES string of the molecule is CNC(=O)[C@@H](C)N(Cc1ccccc1)C(=O)CN(Cc1ccccc1)S(C)(=O)=O. The topological polar surface area (TPSA) is 86.8 Å². The molecule has 0 bridgehead atoms. The van der Waals surface area contributed by atoms with Gasteiger partial charge in [0.25, 0.3) is 0 Å². The second-order valence-corrected chi connectivity index (χ2v) is 8.80. The second kappa shape index (κ2) is 10.2. The van der Waals surface area contributed by atoms with Gasteiger partial charge in [-0.25, -0.2) is 8.42 Å². The van der Waals surface area contributed by atoms with Gasteiger partial charge in [-0.1, -0.05) is 60.7 Å². The van der Waals surface area contributed by atoms with E-state index in [1.165, 1.54) is 11.9 Å². The fourth-order valence-electron chi connectivity index (χ4n) is 2.89. The van der Waals surface area contributed by atoms with Gasteiger partial charge in [0.05, 0.1) is 12.8 Å². The van der Waals surface area contributed by atoms with Crippen molar-refractivity contribution in [3.05, 3.63) is 71.8 Å². The summed E-state index contributed by atoms with van der Waals surface area (Å²) in [5.74, 6) is -0.755. The molecule has 0 spiro atoms. The highest BCUT2D eigenvalue weighted by molar-refractivity contribution is 7.88. The molecule has 156 valence electrons. The molecular formula is C21H27N3O4S. The van der Waals surface area contributed by atoms with Gasteiger partial charge in [-0.15, -0.1) is 0 Å². The van der Waals surface area contributed by atoms with Crippen LogP contribution in [0.15, 0.2) is 60.7 Å². The minimum Gasteiger partial charge on any atom is -0.357 e. The summed E-state index contributed by atoms with van der Waals surface area (Å²) in [7, 11) is -2.13. The molecular weight excluding hydrogens is 390 g/mol. The number of hydrogen-bond acceptors (Lipinski definition) is 4. The van der Waals surface area contributed by atoms with Gasteiger partial charge in [0.2, 0.25) is 21.8 Å². The van der Waals surface area contributed by atoms with Gasteiger partial charge in [-0.2, -0.15) is 4.31 Å². The maximum absolute atomic E-state index is 13.1. The fraction of sp³-hybridized carbons (Fsp3) is 0.333. The van der Waals surface area contributed by atoms with Crippen molar-refractivity contribution in [2.75, 3.05) is 19.8 Å². The normalized spacial score (nSPS) is 12.4. The van der Waals surface area contributed by atoms with E-state index in [-0.39, 0.29) is 25.5 Å². The van der Waals surface area contributed by atoms with E-state index in [0.29, 0.717) is 0 Å². The number of carbonyl (C=O) groups is 2. The lowest BCUT2D eigenvalue weighted by Crippen LogP contribution is -2.50. The summed E-state index contributed by atoms with van der Waals surface area (Å²) in [6.07, 6.45) is 1.08. The first-order valence-corrected chi connectivity index (χ1v) is 11.1. The number of nitrogens with one attached hydrogen (secondary N) is 1. The van der Waals surface area contributed by atoms with Crippen molar-refractivity contribution >= 4 is 21.8 Å². The molecule has 0 fully saturated rings. The van der Waals surface area contributed by atoms with E-state index in [9.17, 15) is 18.0 Å². The molecule has 2 amide bonds. The van der Waals surface area contributed by atoms with Gasteiger partial charge >= 0.3 is 0 Å². The summed E-state index contributed by atoms with van der Waals surface area (Å²) >= 11 is 0. The number of rotatable bonds is 9. The number of amides is 2. The van der Waals surface area contributed by atoms with Crippen LogP contribution in [-0.2, 0) is 32.7 Å². The van der Waals surface area contributed by atoms with Gasteiger partial charge in [0, 0.05) is 20.1 Å². The van der Waals surface area contributed by atoms with Gasteiger partial charge in [0.15, 0.2) is 0 Å². The largest absolute Gasteiger partial charge is 0.357 e. The van der Waals surface area contributed by atoms with Gasteiger partial charge in [-0.3, -0.25) is 9.59 Å². The summed E-state index contributed by atoms with van der Waals surface area (Å²) in [5.41, 5.74) is 1.63. The van der Waals surface area contributed by atoms with Crippen LogP contribution in [0.25, 0.3) is 0 Å². The maximum atomic E-state index is 13.1. The third-order valence-corrected chi connectivity index (χ3v) is 5.79. The van der Waals surface area contributed by atoms with Crippen molar-refractivity contribution in [2.24, 2.45) is 0 Å². The minimum absolute atomic E-state index is 0.0823. The molecule has 2 aromatic rings. The van der Waals surface area contributed by atoms with Crippen molar-refractivity contribution < 1.29 is 18.0 Å². The number of sulfonamides is 1. The van der Waals surface area contributed by atoms with Crippen LogP contribution in [0, 0.1) is 0 Å². The summed E-state index contributed by atoms with van der Waals surface area (Å²) in [5, 5.41) is 2.54. The highest BCUT2D eigenvalue weighted by atomic mass is 32.2. The number of hydrogen-bond donors (Lipinski definition) is 1. The monoisotopic (exact) mass is 417 g/mol. The standard InChI is InChI=1S/C21H27N3O4S/c1-17(21(26)22-2)24(15-19-12-8-5-9-13-19)20(25)16-23(29(3,27)28)14-18-10-6-4-7-11-18/h4-13,17H,14-16H2,1-3H3,(H,22,26)/t17-/m1/s1. The van der Waals surface area contributed by atoms with Crippen molar-refractivity contribution in [1.82, 2.24) is 14.5 Å². The van der Waals surface area contributed by atoms with Crippen molar-refractivity contribution in [2.45, 2.75) is 26.1 Å². The Hall–Kier alpha value is -2.71. The first kappa shape index (κ1) is 22.6. The van der Waals surface area contributed by atoms with E-state index in [4.69, 9.17) is 0 Å². The second-order valence-electron chi connectivity index (χ2n) is 6.81. The summed E-state index contributed by atoms with van der Waals surface area (Å²) in [4.78, 5) is 26.7. The first-order valence-electron chi connectivity index (χ1n) is 9.26. The molecule has 0 unspecified atom stereocenters. The molecule has 0 saturated heterocycles. The Morgan fingerprint density at radius 1 is 0.931 bits per heavy atom. The average molecular weight is 418 g/mol. The van der Waals surface area contributed by atoms with E-state index in [2.05, 4.69) is 5.32 Å². The Morgan fingerprint density at radius 3 is 1.86 bits per heavy atom. The summed E-state index contributed by atoms with van der Waals surface area (Å²) in [6, 6.07) is 17.6. The van der Waals surface area contributed by atoms with Crippen LogP contribution < -0.4 is 5.32 Å². The molecule has 29 heavy (non-hydrogen) atoms. The minimum atomic E-state index is -3.63. The summed E-state index contributed by atoms with van der Waals surface area (Å²) in [6.45, 7) is 1.57. The molecule has 7 nitrogen and oxygen atoms in total. The van der Waals surface area contributed by atoms with Crippen LogP contribution in [0.1, 0.15) is 18.1 Å². The van der Waals surface area contributed by atoms with Gasteiger partial charge in [0.1, 0.15) is 6.04 Å². The smallest absolute Gasteiger partial charge is 0.242 e. The van der Waals surface area contributed by atoms with E-state index >= 15 is 0 Å². The van der Waals surface area contributed by atoms with Crippen molar-refractivity contribution in [1.29, 1.82) is 0 Å². The molecule has 1 N–H and O–H groups in total. The Kier molecular flexibility index (Phi) is 7.92. The molecule has 1 atom stereocenters. The Bertz CT molecular complexity index is 917. The predicted octanol–water partition coefficient (Wildman–Crippen LogP) is 1.61. The third-order valence-electron chi connectivity index (χ3n) is 4.59. The average Bonchev–Trinajstić information content (AvgIpc) is 2.71. The Balaban J connectivity index is 2.26. The van der Waals surface area contributed by atoms with Gasteiger partial charge < -0.3 is 10.2 Å². The molecule has 0 heterocycles. The van der Waals surface area contributed by atoms with Crippen molar-refractivity contribution in [3.63, 3.8) is 0 Å². The molecule has 0 aliphatic heterocycles. The van der Waals surface area contributed by atoms with Crippen LogP contribution in [0.5, 0.6) is 0 Å². The van der Waals surface area contributed by atoms with Crippen LogP contribution in [0.4, 0.5) is 0 Å². The Labute approximate surface area is 172 Å². The van der Waals surface area contributed by atoms with E-state index in [1.54, 1.807) is 19.1 Å². The zero-order chi connectivity index (χ0) is 21.4. The van der Waals surface area contributed by atoms with E-state index in [0.717, 1.165) is 21.7 Å². The molecule has 0 aromatic heterocycles. The summed E-state index contributed by atoms with van der Waals surface area (Å²) < 4.78 is 25.7. The number of nitrogens with zero attached hydrogens (tertiary/aromatic N) is 2. The quantitative estimate of drug-likeness (QED) is 0.672. The zero-order valence-corrected chi connectivity index (χ0v) is 17.7. The van der Waals surface area contributed by atoms with Crippen LogP contribution in [-0.4, -0.2) is 55.3 Å². The van der Waals surface area contributed by atoms with E-state index < -0.39 is 22.0 Å². The molecule has 8 heteroatoms. The molecule has 0 saturated carbocycles. The molecule has 2 rings (SSSR count). The highest BCUT2D eigenvalue weighted by Crippen LogP contribution is 2.13. The van der Waals surface area contributed by atoms with Crippen LogP contribution in [0.2, 0.25) is 0 Å². The lowest BCUT2D eigenvalue weighted by atomic mass is 10.1. The molecule has 0 radical (unpaired) electrons. The molecule has 2 aromatic carbocycles. The van der Waals surface area contributed by atoms with Crippen molar-refractivity contribution in [3.8, 4) is 0 Å². The predicted molar refractivity (Wildman–Crippen MR) is 112 cm³/mol. The van der Waals surface area contributed by atoms with E-state index in [1.807, 2.05) is 48.5 Å². The van der Waals surface area contributed by atoms with Crippen LogP contribution in [0.3, 0.4) is 0 Å². The molecule has 0 aliphatic carbocycles. The number of carbonyl (C=O) groups excluding carboxylic acids is 2. The highest BCUT2D eigenvalue weighted by Gasteiger charge is 2.29. The van der Waals surface area contributed by atoms with Gasteiger partial charge in [-0.05, 0) is 18.1 Å². The first-order chi connectivity index (χ1) is 13.7. The fourth-order valence-corrected chi connectivity index (χ4v) is 3.62. The lowest BCUT2D eigenvalue weighted by molar-refractivity contribution is -0.140. The molecule has 0 aliphatic rings. The maximum Gasteiger partial charge on any atom is 0.242 e. The Morgan fingerprint density at radius 2 is 1.41 bits per heavy atom. The third kappa shape index (κ3) is 6.69. The van der Waals surface area contributed by atoms with Crippen LogP contribution >= 0.6 is 0 Å². The number of benzene rings is 2. The lowest BCUT2D eigenvalue weighted by Gasteiger charge is -2.30. The zero-order valence-electron chi connectivity index (χ0n) is 16.9.